The quantitative estimate of drug-likeness (QED) is 0.0588. The molecule has 0 aliphatic rings. The summed E-state index contributed by atoms with van der Waals surface area (Å²) >= 11 is 0. The lowest BCUT2D eigenvalue weighted by atomic mass is 9.98. The molecular formula is C35H47N7O12. The van der Waals surface area contributed by atoms with E-state index in [1.165, 1.54) is 24.3 Å². The normalized spacial score (nSPS) is 14.7. The van der Waals surface area contributed by atoms with Gasteiger partial charge in [0, 0.05) is 12.8 Å². The summed E-state index contributed by atoms with van der Waals surface area (Å²) in [4.78, 5) is 101. The minimum atomic E-state index is -1.88. The number of carbonyl (C=O) groups is 8. The van der Waals surface area contributed by atoms with Crippen molar-refractivity contribution in [2.24, 2.45) is 17.4 Å². The van der Waals surface area contributed by atoms with Crippen LogP contribution in [0.4, 0.5) is 0 Å². The summed E-state index contributed by atoms with van der Waals surface area (Å²) in [5.74, 6) is -9.63. The second kappa shape index (κ2) is 21.4. The van der Waals surface area contributed by atoms with E-state index in [9.17, 15) is 58.8 Å². The van der Waals surface area contributed by atoms with Gasteiger partial charge in [-0.1, -0.05) is 62.7 Å². The van der Waals surface area contributed by atoms with Gasteiger partial charge in [-0.2, -0.15) is 0 Å². The third kappa shape index (κ3) is 14.5. The van der Waals surface area contributed by atoms with Crippen molar-refractivity contribution in [1.82, 2.24) is 26.6 Å². The zero-order valence-electron chi connectivity index (χ0n) is 29.7. The standard InChI is InChI=1S/C35H47N7O12/c1-3-18(2)29(35(53)54)42-33(51)24(14-20-9-11-21(44)12-10-20)39-32(50)25(16-28(46)47)40-34(52)26(17-43)41-31(49)23(13-19-7-5-4-6-8-19)38-30(48)22(36)15-27(37)45/h4-12,18,22-26,29,43-44H,3,13-17,36H2,1-2H3,(H2,37,45)(H,38,48)(H,39,50)(H,40,52)(H,41,49)(H,42,51)(H,46,47)(H,53,54)/t18-,22-,23-,24-,25-,26-,29-/m0/s1. The zero-order valence-corrected chi connectivity index (χ0v) is 29.7. The molecule has 7 atom stereocenters. The highest BCUT2D eigenvalue weighted by atomic mass is 16.4. The molecule has 2 rings (SSSR count). The van der Waals surface area contributed by atoms with E-state index < -0.39 is 109 Å². The van der Waals surface area contributed by atoms with Gasteiger partial charge < -0.3 is 58.5 Å². The van der Waals surface area contributed by atoms with E-state index in [0.717, 1.165) is 0 Å². The van der Waals surface area contributed by atoms with Crippen molar-refractivity contribution in [3.05, 3.63) is 65.7 Å². The number of benzene rings is 2. The Hall–Kier alpha value is -6.08. The lowest BCUT2D eigenvalue weighted by molar-refractivity contribution is -0.144. The van der Waals surface area contributed by atoms with E-state index in [4.69, 9.17) is 11.5 Å². The summed E-state index contributed by atoms with van der Waals surface area (Å²) < 4.78 is 0. The SMILES string of the molecule is CC[C@H](C)[C@H](NC(=O)[C@H](Cc1ccc(O)cc1)NC(=O)[C@H](CC(=O)O)NC(=O)[C@H](CO)NC(=O)[C@H](Cc1ccccc1)NC(=O)[C@@H](N)CC(N)=O)C(=O)O. The van der Waals surface area contributed by atoms with Gasteiger partial charge in [-0.3, -0.25) is 33.6 Å². The van der Waals surface area contributed by atoms with Gasteiger partial charge in [0.15, 0.2) is 0 Å². The first kappa shape index (κ1) is 44.1. The number of phenolic OH excluding ortho intramolecular Hbond substituents is 1. The van der Waals surface area contributed by atoms with E-state index in [0.29, 0.717) is 17.5 Å². The molecule has 0 fully saturated rings. The molecule has 0 aliphatic heterocycles. The molecule has 19 heteroatoms. The number of nitrogens with two attached hydrogens (primary N) is 2. The van der Waals surface area contributed by atoms with E-state index >= 15 is 0 Å². The minimum absolute atomic E-state index is 0.0957. The number of aliphatic hydroxyl groups excluding tert-OH is 1. The van der Waals surface area contributed by atoms with Crippen molar-refractivity contribution >= 4 is 47.4 Å². The van der Waals surface area contributed by atoms with Crippen LogP contribution in [-0.2, 0) is 51.2 Å². The van der Waals surface area contributed by atoms with Crippen molar-refractivity contribution in [1.29, 1.82) is 0 Å². The fraction of sp³-hybridized carbons (Fsp3) is 0.429. The number of rotatable bonds is 22. The van der Waals surface area contributed by atoms with Crippen LogP contribution in [0.5, 0.6) is 5.75 Å². The topological polar surface area (TPSA) is 330 Å². The first-order chi connectivity index (χ1) is 25.4. The average molecular weight is 758 g/mol. The monoisotopic (exact) mass is 757 g/mol. The van der Waals surface area contributed by atoms with Gasteiger partial charge in [0.2, 0.25) is 35.4 Å². The van der Waals surface area contributed by atoms with Crippen LogP contribution in [0.3, 0.4) is 0 Å². The average Bonchev–Trinajstić information content (AvgIpc) is 3.11. The number of aliphatic carboxylic acids is 2. The number of phenols is 1. The van der Waals surface area contributed by atoms with Crippen LogP contribution >= 0.6 is 0 Å². The largest absolute Gasteiger partial charge is 0.508 e. The minimum Gasteiger partial charge on any atom is -0.508 e. The lowest BCUT2D eigenvalue weighted by Gasteiger charge is -2.27. The highest BCUT2D eigenvalue weighted by Crippen LogP contribution is 2.14. The number of carboxylic acid groups (broad SMARTS) is 2. The smallest absolute Gasteiger partial charge is 0.326 e. The molecule has 6 amide bonds. The van der Waals surface area contributed by atoms with Gasteiger partial charge in [-0.05, 0) is 29.2 Å². The maximum absolute atomic E-state index is 13.5. The number of aromatic hydroxyl groups is 1. The second-order valence-electron chi connectivity index (χ2n) is 12.6. The number of primary amides is 1. The van der Waals surface area contributed by atoms with Crippen molar-refractivity contribution in [2.75, 3.05) is 6.61 Å². The molecule has 0 bridgehead atoms. The lowest BCUT2D eigenvalue weighted by Crippen LogP contribution is -2.61. The van der Waals surface area contributed by atoms with Crippen molar-refractivity contribution in [3.63, 3.8) is 0 Å². The van der Waals surface area contributed by atoms with Crippen LogP contribution in [0.2, 0.25) is 0 Å². The van der Waals surface area contributed by atoms with Crippen LogP contribution in [0.1, 0.15) is 44.2 Å². The summed E-state index contributed by atoms with van der Waals surface area (Å²) in [5.41, 5.74) is 11.8. The molecule has 0 radical (unpaired) electrons. The maximum atomic E-state index is 13.5. The van der Waals surface area contributed by atoms with Gasteiger partial charge >= 0.3 is 11.9 Å². The Kier molecular flexibility index (Phi) is 17.5. The molecule has 0 unspecified atom stereocenters. The molecule has 13 N–H and O–H groups in total. The Morgan fingerprint density at radius 2 is 1.11 bits per heavy atom. The van der Waals surface area contributed by atoms with E-state index in [1.54, 1.807) is 44.2 Å². The highest BCUT2D eigenvalue weighted by molar-refractivity contribution is 5.98. The Balaban J connectivity index is 2.32. The Morgan fingerprint density at radius 3 is 1.61 bits per heavy atom. The number of aliphatic hydroxyl groups is 1. The molecule has 0 aromatic heterocycles. The molecule has 54 heavy (non-hydrogen) atoms. The van der Waals surface area contributed by atoms with E-state index in [1.807, 2.05) is 0 Å². The van der Waals surface area contributed by atoms with Gasteiger partial charge in [-0.15, -0.1) is 0 Å². The summed E-state index contributed by atoms with van der Waals surface area (Å²) in [6.07, 6.45) is -1.55. The van der Waals surface area contributed by atoms with Crippen LogP contribution in [0, 0.1) is 5.92 Å². The molecule has 0 spiro atoms. The van der Waals surface area contributed by atoms with E-state index in [2.05, 4.69) is 26.6 Å². The Morgan fingerprint density at radius 1 is 0.648 bits per heavy atom. The highest BCUT2D eigenvalue weighted by Gasteiger charge is 2.34. The molecule has 0 heterocycles. The molecule has 2 aromatic rings. The number of hydrogen-bond acceptors (Lipinski definition) is 11. The van der Waals surface area contributed by atoms with Crippen molar-refractivity contribution < 1.29 is 58.8 Å². The third-order valence-electron chi connectivity index (χ3n) is 8.29. The summed E-state index contributed by atoms with van der Waals surface area (Å²) in [7, 11) is 0. The third-order valence-corrected chi connectivity index (χ3v) is 8.29. The van der Waals surface area contributed by atoms with Crippen molar-refractivity contribution in [3.8, 4) is 5.75 Å². The van der Waals surface area contributed by atoms with Gasteiger partial charge in [0.1, 0.15) is 36.0 Å². The van der Waals surface area contributed by atoms with Gasteiger partial charge in [0.25, 0.3) is 0 Å². The Labute approximate surface area is 310 Å². The fourth-order valence-electron chi connectivity index (χ4n) is 5.06. The summed E-state index contributed by atoms with van der Waals surface area (Å²) in [5, 5.41) is 50.5. The first-order valence-corrected chi connectivity index (χ1v) is 16.9. The van der Waals surface area contributed by atoms with E-state index in [-0.39, 0.29) is 18.6 Å². The molecular weight excluding hydrogens is 710 g/mol. The predicted molar refractivity (Wildman–Crippen MR) is 190 cm³/mol. The van der Waals surface area contributed by atoms with Crippen LogP contribution in [0.15, 0.2) is 54.6 Å². The zero-order chi connectivity index (χ0) is 40.5. The molecule has 0 saturated carbocycles. The number of nitrogens with one attached hydrogen (secondary N) is 5. The predicted octanol–water partition coefficient (Wildman–Crippen LogP) is -2.60. The molecule has 294 valence electrons. The first-order valence-electron chi connectivity index (χ1n) is 16.9. The fourth-order valence-corrected chi connectivity index (χ4v) is 5.06. The van der Waals surface area contributed by atoms with Crippen molar-refractivity contribution in [2.45, 2.75) is 82.2 Å². The van der Waals surface area contributed by atoms with Gasteiger partial charge in [-0.25, -0.2) is 4.79 Å². The summed E-state index contributed by atoms with van der Waals surface area (Å²) in [6, 6.07) is 4.49. The number of amides is 6. The van der Waals surface area contributed by atoms with Crippen LogP contribution in [-0.4, -0.2) is 111 Å². The Bertz CT molecular complexity index is 1640. The van der Waals surface area contributed by atoms with Crippen LogP contribution in [0.25, 0.3) is 0 Å². The molecule has 2 aromatic carbocycles. The van der Waals surface area contributed by atoms with Gasteiger partial charge in [0.05, 0.1) is 25.5 Å². The maximum Gasteiger partial charge on any atom is 0.326 e. The second-order valence-corrected chi connectivity index (χ2v) is 12.6. The molecule has 0 saturated heterocycles. The summed E-state index contributed by atoms with van der Waals surface area (Å²) in [6.45, 7) is 2.26. The number of hydrogen-bond donors (Lipinski definition) is 11. The molecule has 0 aliphatic carbocycles. The number of carbonyl (C=O) groups excluding carboxylic acids is 6. The molecule has 19 nitrogen and oxygen atoms in total. The van der Waals surface area contributed by atoms with Crippen LogP contribution < -0.4 is 38.1 Å². The number of carboxylic acids is 2.